The third-order valence-corrected chi connectivity index (χ3v) is 4.81. The highest BCUT2D eigenvalue weighted by Gasteiger charge is 2.07. The molecular weight excluding hydrogens is 360 g/mol. The molecule has 0 saturated heterocycles. The molecule has 0 atom stereocenters. The summed E-state index contributed by atoms with van der Waals surface area (Å²) in [6.07, 6.45) is 0. The van der Waals surface area contributed by atoms with Gasteiger partial charge in [-0.1, -0.05) is 52.3 Å². The Bertz CT molecular complexity index is 1030. The molecule has 0 radical (unpaired) electrons. The van der Waals surface area contributed by atoms with Crippen molar-refractivity contribution in [2.75, 3.05) is 0 Å². The second kappa shape index (κ2) is 6.25. The number of para-hydroxylation sites is 2. The van der Waals surface area contributed by atoms with Crippen molar-refractivity contribution in [3.63, 3.8) is 0 Å². The molecule has 0 fully saturated rings. The zero-order valence-corrected chi connectivity index (χ0v) is 15.0. The smallest absolute Gasteiger partial charge is 0.0823 e. The lowest BCUT2D eigenvalue weighted by atomic mass is 10.1. The summed E-state index contributed by atoms with van der Waals surface area (Å²) < 4.78 is 3.42. The molecule has 118 valence electrons. The van der Waals surface area contributed by atoms with Crippen molar-refractivity contribution in [3.8, 4) is 0 Å². The van der Waals surface area contributed by atoms with Gasteiger partial charge in [0.1, 0.15) is 0 Å². The van der Waals surface area contributed by atoms with Crippen LogP contribution < -0.4 is 5.36 Å². The first-order valence-electron chi connectivity index (χ1n) is 8.08. The first kappa shape index (κ1) is 15.2. The molecule has 24 heavy (non-hydrogen) atoms. The summed E-state index contributed by atoms with van der Waals surface area (Å²) in [7, 11) is 0. The van der Waals surface area contributed by atoms with Gasteiger partial charge in [0.15, 0.2) is 0 Å². The zero-order chi connectivity index (χ0) is 16.5. The molecule has 0 N–H and O–H groups in total. The van der Waals surface area contributed by atoms with E-state index in [4.69, 9.17) is 4.99 Å². The van der Waals surface area contributed by atoms with Crippen molar-refractivity contribution in [2.45, 2.75) is 13.5 Å². The Balaban J connectivity index is 2.18. The normalized spacial score (nSPS) is 11.1. The van der Waals surface area contributed by atoms with E-state index in [1.54, 1.807) is 0 Å². The van der Waals surface area contributed by atoms with Gasteiger partial charge in [0.2, 0.25) is 0 Å². The van der Waals surface area contributed by atoms with Gasteiger partial charge < -0.3 is 4.57 Å². The van der Waals surface area contributed by atoms with Gasteiger partial charge in [-0.2, -0.15) is 0 Å². The van der Waals surface area contributed by atoms with Crippen LogP contribution in [0.3, 0.4) is 0 Å². The number of rotatable bonds is 2. The van der Waals surface area contributed by atoms with Gasteiger partial charge >= 0.3 is 0 Å². The SMILES string of the molecule is CCn1c2ccccc2c(=Nc2ccc(Br)cc2)c2ccccc21. The summed E-state index contributed by atoms with van der Waals surface area (Å²) in [6, 6.07) is 25.1. The van der Waals surface area contributed by atoms with E-state index in [1.165, 1.54) is 21.8 Å². The number of fused-ring (bicyclic) bond motifs is 2. The largest absolute Gasteiger partial charge is 0.341 e. The Morgan fingerprint density at radius 1 is 0.792 bits per heavy atom. The standard InChI is InChI=1S/C21H17BrN2/c1-2-24-19-9-5-3-7-17(19)21(18-8-4-6-10-20(18)24)23-16-13-11-15(22)12-14-16/h3-14H,2H2,1H3. The number of hydrogen-bond acceptors (Lipinski definition) is 1. The van der Waals surface area contributed by atoms with E-state index < -0.39 is 0 Å². The Labute approximate surface area is 149 Å². The Hall–Kier alpha value is -2.39. The summed E-state index contributed by atoms with van der Waals surface area (Å²) >= 11 is 3.48. The third-order valence-electron chi connectivity index (χ3n) is 4.28. The first-order valence-corrected chi connectivity index (χ1v) is 8.88. The fourth-order valence-electron chi connectivity index (χ4n) is 3.20. The van der Waals surface area contributed by atoms with Crippen LogP contribution in [0.15, 0.2) is 82.3 Å². The summed E-state index contributed by atoms with van der Waals surface area (Å²) in [4.78, 5) is 4.98. The molecule has 4 aromatic rings. The van der Waals surface area contributed by atoms with E-state index in [9.17, 15) is 0 Å². The lowest BCUT2D eigenvalue weighted by molar-refractivity contribution is 0.821. The van der Waals surface area contributed by atoms with Gasteiger partial charge in [-0.15, -0.1) is 0 Å². The maximum absolute atomic E-state index is 4.98. The highest BCUT2D eigenvalue weighted by Crippen LogP contribution is 2.21. The van der Waals surface area contributed by atoms with Crippen molar-refractivity contribution in [2.24, 2.45) is 4.99 Å². The van der Waals surface area contributed by atoms with Crippen LogP contribution in [0.1, 0.15) is 6.92 Å². The summed E-state index contributed by atoms with van der Waals surface area (Å²) in [5.74, 6) is 0. The second-order valence-electron chi connectivity index (χ2n) is 5.72. The topological polar surface area (TPSA) is 17.3 Å². The number of pyridine rings is 1. The van der Waals surface area contributed by atoms with Crippen LogP contribution in [-0.2, 0) is 6.54 Å². The molecule has 1 heterocycles. The average molecular weight is 377 g/mol. The van der Waals surface area contributed by atoms with E-state index in [0.29, 0.717) is 0 Å². The third kappa shape index (κ3) is 2.55. The number of halogens is 1. The summed E-state index contributed by atoms with van der Waals surface area (Å²) in [5, 5.41) is 3.40. The minimum absolute atomic E-state index is 0.930. The van der Waals surface area contributed by atoms with E-state index in [0.717, 1.165) is 22.1 Å². The molecular formula is C21H17BrN2. The quantitative estimate of drug-likeness (QED) is 0.392. The predicted octanol–water partition coefficient (Wildman–Crippen LogP) is 5.81. The van der Waals surface area contributed by atoms with Crippen molar-refractivity contribution < 1.29 is 0 Å². The highest BCUT2D eigenvalue weighted by molar-refractivity contribution is 9.10. The molecule has 0 saturated carbocycles. The van der Waals surface area contributed by atoms with E-state index >= 15 is 0 Å². The molecule has 4 rings (SSSR count). The van der Waals surface area contributed by atoms with Crippen molar-refractivity contribution in [1.82, 2.24) is 4.57 Å². The second-order valence-corrected chi connectivity index (χ2v) is 6.63. The molecule has 0 bridgehead atoms. The van der Waals surface area contributed by atoms with Gasteiger partial charge in [-0.05, 0) is 43.3 Å². The molecule has 1 aromatic heterocycles. The van der Waals surface area contributed by atoms with E-state index in [-0.39, 0.29) is 0 Å². The van der Waals surface area contributed by atoms with Crippen LogP contribution in [0, 0.1) is 0 Å². The van der Waals surface area contributed by atoms with Gasteiger partial charge in [-0.25, -0.2) is 4.99 Å². The predicted molar refractivity (Wildman–Crippen MR) is 104 cm³/mol. The fraction of sp³-hybridized carbons (Fsp3) is 0.0952. The minimum Gasteiger partial charge on any atom is -0.341 e. The molecule has 0 aliphatic heterocycles. The molecule has 0 amide bonds. The van der Waals surface area contributed by atoms with Gasteiger partial charge in [0.25, 0.3) is 0 Å². The monoisotopic (exact) mass is 376 g/mol. The van der Waals surface area contributed by atoms with Crippen molar-refractivity contribution in [3.05, 3.63) is 82.6 Å². The van der Waals surface area contributed by atoms with E-state index in [2.05, 4.69) is 76.0 Å². The number of hydrogen-bond donors (Lipinski definition) is 0. The molecule has 0 aliphatic carbocycles. The Morgan fingerprint density at radius 2 is 1.33 bits per heavy atom. The Kier molecular flexibility index (Phi) is 3.95. The molecule has 3 aromatic carbocycles. The Morgan fingerprint density at radius 3 is 1.88 bits per heavy atom. The van der Waals surface area contributed by atoms with E-state index in [1.807, 2.05) is 24.3 Å². The first-order chi connectivity index (χ1) is 11.8. The number of nitrogens with zero attached hydrogens (tertiary/aromatic N) is 2. The van der Waals surface area contributed by atoms with Crippen molar-refractivity contribution in [1.29, 1.82) is 0 Å². The number of aromatic nitrogens is 1. The van der Waals surface area contributed by atoms with Crippen LogP contribution in [-0.4, -0.2) is 4.57 Å². The number of aryl methyl sites for hydroxylation is 1. The minimum atomic E-state index is 0.930. The fourth-order valence-corrected chi connectivity index (χ4v) is 3.46. The number of benzene rings is 3. The summed E-state index contributed by atoms with van der Waals surface area (Å²) in [5.41, 5.74) is 3.40. The lowest BCUT2D eigenvalue weighted by Gasteiger charge is -2.14. The maximum atomic E-state index is 4.98. The van der Waals surface area contributed by atoms with Crippen LogP contribution >= 0.6 is 15.9 Å². The van der Waals surface area contributed by atoms with Crippen LogP contribution in [0.4, 0.5) is 5.69 Å². The van der Waals surface area contributed by atoms with Crippen LogP contribution in [0.25, 0.3) is 21.8 Å². The maximum Gasteiger partial charge on any atom is 0.0823 e. The molecule has 0 unspecified atom stereocenters. The van der Waals surface area contributed by atoms with Crippen LogP contribution in [0.2, 0.25) is 0 Å². The highest BCUT2D eigenvalue weighted by atomic mass is 79.9. The van der Waals surface area contributed by atoms with Gasteiger partial charge in [0, 0.05) is 21.8 Å². The average Bonchev–Trinajstić information content (AvgIpc) is 2.63. The van der Waals surface area contributed by atoms with Gasteiger partial charge in [0.05, 0.1) is 22.1 Å². The molecule has 0 spiro atoms. The van der Waals surface area contributed by atoms with Gasteiger partial charge in [-0.3, -0.25) is 0 Å². The van der Waals surface area contributed by atoms with Crippen LogP contribution in [0.5, 0.6) is 0 Å². The molecule has 2 nitrogen and oxygen atoms in total. The summed E-state index contributed by atoms with van der Waals surface area (Å²) in [6.45, 7) is 3.12. The lowest BCUT2D eigenvalue weighted by Crippen LogP contribution is -2.12. The van der Waals surface area contributed by atoms with Crippen molar-refractivity contribution >= 4 is 43.4 Å². The zero-order valence-electron chi connectivity index (χ0n) is 13.4. The molecule has 3 heteroatoms. The molecule has 0 aliphatic rings.